The lowest BCUT2D eigenvalue weighted by Crippen LogP contribution is -2.37. The van der Waals surface area contributed by atoms with Gasteiger partial charge in [0.1, 0.15) is 16.9 Å². The van der Waals surface area contributed by atoms with Crippen molar-refractivity contribution in [2.45, 2.75) is 314 Å². The molecule has 0 aliphatic rings. The fraction of sp³-hybridized carbons (Fsp3) is 0.708. The van der Waals surface area contributed by atoms with Gasteiger partial charge in [-0.2, -0.15) is 13.2 Å². The minimum absolute atomic E-state index is 0.163. The molecule has 0 aliphatic heterocycles. The van der Waals surface area contributed by atoms with Gasteiger partial charge in [0.2, 0.25) is 0 Å². The number of hydrogen-bond acceptors (Lipinski definition) is 2. The van der Waals surface area contributed by atoms with E-state index in [0.717, 1.165) is 0 Å². The number of carbonyl (C=O) groups is 1. The Morgan fingerprint density at radius 2 is 0.493 bits per heavy atom. The Hall–Kier alpha value is -2.73. The summed E-state index contributed by atoms with van der Waals surface area (Å²) in [4.78, 5) is 14.2. The molecule has 2 nitrogen and oxygen atoms in total. The first-order valence-corrected chi connectivity index (χ1v) is 31.1. The highest BCUT2D eigenvalue weighted by Gasteiger charge is 2.41. The number of rotatable bonds is 39. The van der Waals surface area contributed by atoms with Crippen LogP contribution in [0.3, 0.4) is 0 Å². The predicted molar refractivity (Wildman–Crippen MR) is 302 cm³/mol. The molecule has 71 heavy (non-hydrogen) atoms. The van der Waals surface area contributed by atoms with Crippen LogP contribution in [0.15, 0.2) is 51.1 Å². The van der Waals surface area contributed by atoms with Gasteiger partial charge in [-0.05, 0) is 132 Å². The maximum Gasteiger partial charge on any atom is 0.430 e. The van der Waals surface area contributed by atoms with E-state index in [4.69, 9.17) is 9.90 Å². The van der Waals surface area contributed by atoms with E-state index in [9.17, 15) is 13.2 Å². The predicted octanol–water partition coefficient (Wildman–Crippen LogP) is 19.7. The highest BCUT2D eigenvalue weighted by Crippen LogP contribution is 2.46. The molecule has 3 rings (SSSR count). The summed E-state index contributed by atoms with van der Waals surface area (Å²) < 4.78 is 31.5. The van der Waals surface area contributed by atoms with Gasteiger partial charge < -0.3 is 9.90 Å². The van der Waals surface area contributed by atoms with E-state index in [1.54, 1.807) is 64.8 Å². The quantitative estimate of drug-likeness (QED) is 0.0422. The van der Waals surface area contributed by atoms with Gasteiger partial charge in [-0.3, -0.25) is 0 Å². The van der Waals surface area contributed by atoms with E-state index in [-0.39, 0.29) is 10.9 Å². The first-order chi connectivity index (χ1) is 34.4. The average Bonchev–Trinajstić information content (AvgIpc) is 3.34. The van der Waals surface area contributed by atoms with E-state index in [1.807, 2.05) is 0 Å². The van der Waals surface area contributed by atoms with Crippen molar-refractivity contribution in [1.82, 2.24) is 0 Å². The van der Waals surface area contributed by atoms with Crippen LogP contribution < -0.4 is 5.11 Å². The van der Waals surface area contributed by atoms with Gasteiger partial charge in [0.15, 0.2) is 14.7 Å². The zero-order valence-electron chi connectivity index (χ0n) is 47.3. The molecule has 3 aromatic rings. The molecule has 3 aromatic carbocycles. The van der Waals surface area contributed by atoms with Crippen molar-refractivity contribution in [2.75, 3.05) is 0 Å². The second-order valence-corrected chi connectivity index (χ2v) is 22.8. The van der Waals surface area contributed by atoms with E-state index in [0.29, 0.717) is 0 Å². The van der Waals surface area contributed by atoms with Crippen molar-refractivity contribution in [3.63, 3.8) is 0 Å². The Balaban J connectivity index is 0.00000229. The molecule has 0 heterocycles. The van der Waals surface area contributed by atoms with Crippen LogP contribution in [0.25, 0.3) is 0 Å². The topological polar surface area (TPSA) is 40.1 Å². The average molecular weight is 1010 g/mol. The van der Waals surface area contributed by atoms with Crippen molar-refractivity contribution in [1.29, 1.82) is 0 Å². The summed E-state index contributed by atoms with van der Waals surface area (Å²) in [5.74, 6) is -3.01. The zero-order chi connectivity index (χ0) is 52.3. The number of carbonyl (C=O) groups excluding carboxylic acids is 1. The molecule has 0 atom stereocenters. The van der Waals surface area contributed by atoms with E-state index in [1.165, 1.54) is 231 Å². The number of carboxylic acids is 1. The highest BCUT2D eigenvalue weighted by atomic mass is 32.2. The summed E-state index contributed by atoms with van der Waals surface area (Å²) in [5.41, 5.74) is 15.3. The summed E-state index contributed by atoms with van der Waals surface area (Å²) in [5, 5.41) is 8.78. The minimum atomic E-state index is -5.19. The molecule has 0 aliphatic carbocycles. The molecule has 0 saturated carbocycles. The van der Waals surface area contributed by atoms with Crippen LogP contribution in [0.4, 0.5) is 13.2 Å². The monoisotopic (exact) mass is 1010 g/mol. The fourth-order valence-corrected chi connectivity index (χ4v) is 13.4. The number of unbranched alkanes of at least 4 members (excludes halogenated alkanes) is 18. The van der Waals surface area contributed by atoms with Crippen LogP contribution in [-0.4, -0.2) is 12.1 Å². The Bertz CT molecular complexity index is 1580. The first kappa shape index (κ1) is 64.4. The number of carboxylic acid groups (broad SMARTS) is 1. The van der Waals surface area contributed by atoms with E-state index < -0.39 is 12.1 Å². The molecule has 0 N–H and O–H groups in total. The SMILES string of the molecule is CCCCCc1cc(CCCCC)c([S+](c2c(CCCCC)cc(CCCCC)cc2CCCCC)c2c(CCCCC)cc(CCCCC)cc2CCCCC)c(CCCCC)c1.O=C([O-])C(F)(F)F. The molecular formula is C65H105F3O2S. The van der Waals surface area contributed by atoms with Gasteiger partial charge in [0.25, 0.3) is 0 Å². The van der Waals surface area contributed by atoms with E-state index in [2.05, 4.69) is 98.7 Å². The Kier molecular flexibility index (Phi) is 35.2. The highest BCUT2D eigenvalue weighted by molar-refractivity contribution is 7.97. The van der Waals surface area contributed by atoms with Gasteiger partial charge in [-0.15, -0.1) is 0 Å². The summed E-state index contributed by atoms with van der Waals surface area (Å²) in [6, 6.07) is 16.8. The van der Waals surface area contributed by atoms with Gasteiger partial charge >= 0.3 is 6.18 Å². The maximum absolute atomic E-state index is 10.5. The van der Waals surface area contributed by atoms with Gasteiger partial charge in [0, 0.05) is 33.4 Å². The van der Waals surface area contributed by atoms with Crippen LogP contribution in [0.2, 0.25) is 0 Å². The molecule has 0 unspecified atom stereocenters. The minimum Gasteiger partial charge on any atom is -0.542 e. The van der Waals surface area contributed by atoms with Crippen molar-refractivity contribution >= 4 is 16.9 Å². The summed E-state index contributed by atoms with van der Waals surface area (Å²) in [6.07, 6.45) is 41.2. The molecular weight excluding hydrogens is 902 g/mol. The van der Waals surface area contributed by atoms with E-state index >= 15 is 0 Å². The lowest BCUT2D eigenvalue weighted by molar-refractivity contribution is -0.344. The normalized spacial score (nSPS) is 11.7. The number of hydrogen-bond donors (Lipinski definition) is 0. The molecule has 0 aromatic heterocycles. The van der Waals surface area contributed by atoms with Gasteiger partial charge in [-0.1, -0.05) is 214 Å². The molecule has 0 radical (unpaired) electrons. The van der Waals surface area contributed by atoms with Crippen LogP contribution >= 0.6 is 0 Å². The third-order valence-corrected chi connectivity index (χ3v) is 17.1. The largest absolute Gasteiger partial charge is 0.542 e. The lowest BCUT2D eigenvalue weighted by atomic mass is 9.94. The van der Waals surface area contributed by atoms with Gasteiger partial charge in [0.05, 0.1) is 0 Å². The Morgan fingerprint density at radius 1 is 0.338 bits per heavy atom. The van der Waals surface area contributed by atoms with Crippen molar-refractivity contribution in [3.05, 3.63) is 86.5 Å². The van der Waals surface area contributed by atoms with Crippen LogP contribution in [-0.2, 0) is 73.5 Å². The molecule has 0 spiro atoms. The molecule has 0 amide bonds. The molecule has 404 valence electrons. The lowest BCUT2D eigenvalue weighted by Gasteiger charge is -2.25. The second-order valence-electron chi connectivity index (χ2n) is 20.9. The molecule has 0 fully saturated rings. The van der Waals surface area contributed by atoms with Crippen molar-refractivity contribution in [3.8, 4) is 0 Å². The van der Waals surface area contributed by atoms with Gasteiger partial charge in [-0.25, -0.2) is 0 Å². The first-order valence-electron chi connectivity index (χ1n) is 29.8. The number of aryl methyl sites for hydroxylation is 9. The third kappa shape index (κ3) is 24.4. The number of halogens is 3. The van der Waals surface area contributed by atoms with Crippen molar-refractivity contribution in [2.24, 2.45) is 0 Å². The number of aliphatic carboxylic acids is 1. The zero-order valence-corrected chi connectivity index (χ0v) is 48.1. The standard InChI is InChI=1S/C63H105S.C2HF3O2/c1-10-19-28-37-52-46-55(40-31-22-13-4)61(56(47-52)41-32-23-14-5)64(62-57(42-33-24-15-6)48-53(38-29-20-11-2)49-58(62)43-34-25-16-7)63-59(44-35-26-17-8)50-54(39-30-21-12-3)51-60(63)45-36-27-18-9;3-2(4,5)1(6)7/h46-51H,10-45H2,1-9H3;(H,6,7)/q+1;/p-1. The fourth-order valence-electron chi connectivity index (χ4n) is 10.2. The third-order valence-electron chi connectivity index (χ3n) is 14.3. The van der Waals surface area contributed by atoms with Crippen LogP contribution in [0.5, 0.6) is 0 Å². The Morgan fingerprint density at radius 3 is 0.634 bits per heavy atom. The smallest absolute Gasteiger partial charge is 0.430 e. The number of benzene rings is 3. The molecule has 0 saturated heterocycles. The number of alkyl halides is 3. The maximum atomic E-state index is 10.5. The summed E-state index contributed by atoms with van der Waals surface area (Å²) >= 11 is 0. The van der Waals surface area contributed by atoms with Crippen LogP contribution in [0.1, 0.15) is 286 Å². The van der Waals surface area contributed by atoms with Crippen LogP contribution in [0, 0.1) is 0 Å². The Labute approximate surface area is 438 Å². The molecule has 0 bridgehead atoms. The molecule has 6 heteroatoms. The summed E-state index contributed by atoms with van der Waals surface area (Å²) in [6.45, 7) is 21.6. The summed E-state index contributed by atoms with van der Waals surface area (Å²) in [7, 11) is -0.163. The second kappa shape index (κ2) is 38.8. The van der Waals surface area contributed by atoms with Crippen molar-refractivity contribution < 1.29 is 23.1 Å².